The summed E-state index contributed by atoms with van der Waals surface area (Å²) in [6.45, 7) is 8.14. The van der Waals surface area contributed by atoms with Crippen LogP contribution >= 0.6 is 11.3 Å². The second kappa shape index (κ2) is 7.18. The fourth-order valence-corrected chi connectivity index (χ4v) is 4.44. The van der Waals surface area contributed by atoms with Crippen molar-refractivity contribution >= 4 is 34.0 Å². The van der Waals surface area contributed by atoms with Crippen molar-refractivity contribution in [2.24, 2.45) is 0 Å². The summed E-state index contributed by atoms with van der Waals surface area (Å²) in [6, 6.07) is 6.08. The van der Waals surface area contributed by atoms with E-state index in [0.29, 0.717) is 22.8 Å². The van der Waals surface area contributed by atoms with Gasteiger partial charge in [0.05, 0.1) is 40.6 Å². The van der Waals surface area contributed by atoms with E-state index in [-0.39, 0.29) is 0 Å². The molecule has 0 fully saturated rings. The Bertz CT molecular complexity index is 1300. The molecule has 146 valence electrons. The number of aromatic nitrogens is 5. The Morgan fingerprint density at radius 2 is 2.03 bits per heavy atom. The lowest BCUT2D eigenvalue weighted by Crippen LogP contribution is -1.98. The van der Waals surface area contributed by atoms with Crippen molar-refractivity contribution in [3.05, 3.63) is 51.8 Å². The zero-order valence-electron chi connectivity index (χ0n) is 16.9. The number of rotatable bonds is 4. The third kappa shape index (κ3) is 3.30. The highest BCUT2D eigenvalue weighted by Crippen LogP contribution is 2.30. The first kappa shape index (κ1) is 18.9. The van der Waals surface area contributed by atoms with Gasteiger partial charge in [-0.25, -0.2) is 15.0 Å². The summed E-state index contributed by atoms with van der Waals surface area (Å²) in [5.74, 6) is 0.990. The standard InChI is InChI=1S/C21H20N6OS/c1-11-6-15(13(3)27(11)21-12(2)24-14(4)29-21)7-16(9-22)20-25-17-8-19(28-5)23-10-18(17)26-20/h6-8,10H,1-5H3,(H,25,26)/b16-7+. The van der Waals surface area contributed by atoms with Gasteiger partial charge in [0.2, 0.25) is 5.88 Å². The smallest absolute Gasteiger partial charge is 0.215 e. The lowest BCUT2D eigenvalue weighted by atomic mass is 10.1. The number of nitriles is 1. The Morgan fingerprint density at radius 3 is 2.69 bits per heavy atom. The lowest BCUT2D eigenvalue weighted by Gasteiger charge is -2.07. The van der Waals surface area contributed by atoms with Crippen molar-refractivity contribution in [1.82, 2.24) is 24.5 Å². The second-order valence-electron chi connectivity index (χ2n) is 6.78. The molecule has 0 spiro atoms. The molecule has 0 saturated carbocycles. The molecule has 0 aromatic carbocycles. The quantitative estimate of drug-likeness (QED) is 0.505. The van der Waals surface area contributed by atoms with Crippen molar-refractivity contribution < 1.29 is 4.74 Å². The Hall–Kier alpha value is -3.44. The van der Waals surface area contributed by atoms with E-state index in [1.165, 1.54) is 0 Å². The minimum Gasteiger partial charge on any atom is -0.481 e. The molecule has 8 heteroatoms. The topological polar surface area (TPSA) is 92.4 Å². The maximum atomic E-state index is 9.76. The zero-order valence-corrected chi connectivity index (χ0v) is 17.7. The van der Waals surface area contributed by atoms with E-state index in [2.05, 4.69) is 50.5 Å². The van der Waals surface area contributed by atoms with Crippen LogP contribution in [0.4, 0.5) is 0 Å². The second-order valence-corrected chi connectivity index (χ2v) is 7.97. The molecule has 4 aromatic rings. The number of hydrogen-bond donors (Lipinski definition) is 1. The summed E-state index contributed by atoms with van der Waals surface area (Å²) in [4.78, 5) is 16.4. The number of H-pyrrole nitrogens is 1. The van der Waals surface area contributed by atoms with E-state index < -0.39 is 0 Å². The molecule has 0 saturated heterocycles. The number of hydrogen-bond acceptors (Lipinski definition) is 6. The average Bonchev–Trinajstić information content (AvgIpc) is 3.34. The zero-order chi connectivity index (χ0) is 20.7. The first-order chi connectivity index (χ1) is 13.9. The predicted molar refractivity (Wildman–Crippen MR) is 114 cm³/mol. The highest BCUT2D eigenvalue weighted by atomic mass is 32.1. The number of pyridine rings is 1. The number of thiazole rings is 1. The van der Waals surface area contributed by atoms with Gasteiger partial charge in [0.1, 0.15) is 16.9 Å². The maximum absolute atomic E-state index is 9.76. The highest BCUT2D eigenvalue weighted by Gasteiger charge is 2.16. The van der Waals surface area contributed by atoms with E-state index in [4.69, 9.17) is 4.74 Å². The van der Waals surface area contributed by atoms with Gasteiger partial charge in [0.25, 0.3) is 0 Å². The summed E-state index contributed by atoms with van der Waals surface area (Å²) < 4.78 is 7.34. The fourth-order valence-electron chi connectivity index (χ4n) is 3.41. The Morgan fingerprint density at radius 1 is 1.24 bits per heavy atom. The number of aryl methyl sites for hydroxylation is 3. The van der Waals surface area contributed by atoms with Crippen LogP contribution in [0.2, 0.25) is 0 Å². The summed E-state index contributed by atoms with van der Waals surface area (Å²) in [5.41, 5.74) is 6.04. The number of nitrogens with zero attached hydrogens (tertiary/aromatic N) is 5. The van der Waals surface area contributed by atoms with Crippen LogP contribution in [0.15, 0.2) is 18.3 Å². The van der Waals surface area contributed by atoms with Crippen molar-refractivity contribution in [3.63, 3.8) is 0 Å². The van der Waals surface area contributed by atoms with Crippen LogP contribution < -0.4 is 4.74 Å². The van der Waals surface area contributed by atoms with Gasteiger partial charge in [-0.1, -0.05) is 0 Å². The first-order valence-corrected chi connectivity index (χ1v) is 9.88. The minimum atomic E-state index is 0.456. The number of ether oxygens (including phenoxy) is 1. The van der Waals surface area contributed by atoms with Gasteiger partial charge in [-0.3, -0.25) is 0 Å². The van der Waals surface area contributed by atoms with Crippen LogP contribution in [0.1, 0.15) is 33.5 Å². The predicted octanol–water partition coefficient (Wildman–Crippen LogP) is 4.51. The largest absolute Gasteiger partial charge is 0.481 e. The maximum Gasteiger partial charge on any atom is 0.215 e. The van der Waals surface area contributed by atoms with Crippen LogP contribution in [-0.4, -0.2) is 31.6 Å². The number of fused-ring (bicyclic) bond motifs is 1. The number of allylic oxidation sites excluding steroid dienone is 1. The van der Waals surface area contributed by atoms with Gasteiger partial charge in [-0.15, -0.1) is 11.3 Å². The molecule has 0 bridgehead atoms. The van der Waals surface area contributed by atoms with Crippen molar-refractivity contribution in [2.45, 2.75) is 27.7 Å². The van der Waals surface area contributed by atoms with Crippen molar-refractivity contribution in [1.29, 1.82) is 5.26 Å². The van der Waals surface area contributed by atoms with Crippen LogP contribution in [-0.2, 0) is 0 Å². The first-order valence-electron chi connectivity index (χ1n) is 9.06. The van der Waals surface area contributed by atoms with Crippen LogP contribution in [0.3, 0.4) is 0 Å². The number of aromatic amines is 1. The molecule has 29 heavy (non-hydrogen) atoms. The lowest BCUT2D eigenvalue weighted by molar-refractivity contribution is 0.398. The molecule has 0 atom stereocenters. The number of methoxy groups -OCH3 is 1. The molecule has 0 amide bonds. The number of nitrogens with one attached hydrogen (secondary N) is 1. The van der Waals surface area contributed by atoms with E-state index >= 15 is 0 Å². The molecule has 0 unspecified atom stereocenters. The average molecular weight is 404 g/mol. The SMILES string of the molecule is COc1cc2nc(/C(C#N)=C/c3cc(C)n(-c4sc(C)nc4C)c3C)[nH]c2cn1. The molecule has 4 aromatic heterocycles. The van der Waals surface area contributed by atoms with Crippen molar-refractivity contribution in [3.8, 4) is 17.0 Å². The monoisotopic (exact) mass is 404 g/mol. The molecule has 0 aliphatic rings. The van der Waals surface area contributed by atoms with Gasteiger partial charge < -0.3 is 14.3 Å². The van der Waals surface area contributed by atoms with E-state index in [0.717, 1.165) is 38.2 Å². The fraction of sp³-hybridized carbons (Fsp3) is 0.238. The van der Waals surface area contributed by atoms with Crippen molar-refractivity contribution in [2.75, 3.05) is 7.11 Å². The molecule has 0 radical (unpaired) electrons. The molecule has 1 N–H and O–H groups in total. The molecular weight excluding hydrogens is 384 g/mol. The molecule has 0 aliphatic carbocycles. The van der Waals surface area contributed by atoms with Gasteiger partial charge >= 0.3 is 0 Å². The third-order valence-electron chi connectivity index (χ3n) is 4.78. The highest BCUT2D eigenvalue weighted by molar-refractivity contribution is 7.14. The Balaban J connectivity index is 1.80. The van der Waals surface area contributed by atoms with Gasteiger partial charge in [-0.2, -0.15) is 5.26 Å². The van der Waals surface area contributed by atoms with E-state index in [9.17, 15) is 5.26 Å². The Kier molecular flexibility index (Phi) is 4.68. The minimum absolute atomic E-state index is 0.456. The Labute approximate surface area is 172 Å². The number of imidazole rings is 1. The van der Waals surface area contributed by atoms with Gasteiger partial charge in [0.15, 0.2) is 0 Å². The van der Waals surface area contributed by atoms with E-state index in [1.807, 2.05) is 19.9 Å². The van der Waals surface area contributed by atoms with Crippen LogP contribution in [0, 0.1) is 39.0 Å². The molecule has 0 aliphatic heterocycles. The van der Waals surface area contributed by atoms with E-state index in [1.54, 1.807) is 30.7 Å². The molecular formula is C21H20N6OS. The third-order valence-corrected chi connectivity index (χ3v) is 5.84. The molecule has 7 nitrogen and oxygen atoms in total. The summed E-state index contributed by atoms with van der Waals surface area (Å²) >= 11 is 1.67. The summed E-state index contributed by atoms with van der Waals surface area (Å²) in [7, 11) is 1.56. The van der Waals surface area contributed by atoms with Crippen LogP contribution in [0.5, 0.6) is 5.88 Å². The molecule has 4 heterocycles. The molecule has 4 rings (SSSR count). The van der Waals surface area contributed by atoms with Gasteiger partial charge in [0, 0.05) is 17.5 Å². The van der Waals surface area contributed by atoms with Crippen LogP contribution in [0.25, 0.3) is 27.7 Å². The normalized spacial score (nSPS) is 11.8. The summed E-state index contributed by atoms with van der Waals surface area (Å²) in [6.07, 6.45) is 3.52. The van der Waals surface area contributed by atoms with Gasteiger partial charge in [-0.05, 0) is 45.4 Å². The summed E-state index contributed by atoms with van der Waals surface area (Å²) in [5, 5.41) is 11.9.